The predicted octanol–water partition coefficient (Wildman–Crippen LogP) is 6.51. The molecule has 0 saturated heterocycles. The summed E-state index contributed by atoms with van der Waals surface area (Å²) in [4.78, 5) is 0. The second-order valence-corrected chi connectivity index (χ2v) is 6.77. The molecule has 2 aromatic carbocycles. The molecule has 0 heterocycles. The minimum absolute atomic E-state index is 0.201. The van der Waals surface area contributed by atoms with Crippen LogP contribution in [0.2, 0.25) is 0 Å². The molecule has 0 atom stereocenters. The van der Waals surface area contributed by atoms with Gasteiger partial charge < -0.3 is 9.47 Å². The lowest BCUT2D eigenvalue weighted by Gasteiger charge is -2.30. The SMILES string of the molecule is C=CCc1c(OC=C)ccc(C(C)(C)c2ccc(OC=C)cc2)c1CC=C. The zero-order valence-electron chi connectivity index (χ0n) is 16.3. The molecule has 0 saturated carbocycles. The maximum Gasteiger partial charge on any atom is 0.130 e. The molecular formula is C25H28O2. The third-order valence-corrected chi connectivity index (χ3v) is 4.76. The van der Waals surface area contributed by atoms with Crippen LogP contribution in [0.15, 0.2) is 87.4 Å². The summed E-state index contributed by atoms with van der Waals surface area (Å²) in [5.41, 5.74) is 4.59. The maximum atomic E-state index is 5.65. The second kappa shape index (κ2) is 9.09. The fourth-order valence-electron chi connectivity index (χ4n) is 3.40. The molecule has 0 fully saturated rings. The van der Waals surface area contributed by atoms with Crippen LogP contribution in [0.3, 0.4) is 0 Å². The first-order valence-corrected chi connectivity index (χ1v) is 9.02. The third kappa shape index (κ3) is 4.40. The van der Waals surface area contributed by atoms with Gasteiger partial charge in [-0.05, 0) is 47.7 Å². The molecule has 0 bridgehead atoms. The molecule has 2 aromatic rings. The van der Waals surface area contributed by atoms with Crippen molar-refractivity contribution in [2.45, 2.75) is 32.1 Å². The Kier molecular flexibility index (Phi) is 6.84. The van der Waals surface area contributed by atoms with Crippen LogP contribution in [0.1, 0.15) is 36.1 Å². The summed E-state index contributed by atoms with van der Waals surface area (Å²) in [6.07, 6.45) is 8.21. The van der Waals surface area contributed by atoms with Gasteiger partial charge in [0.2, 0.25) is 0 Å². The summed E-state index contributed by atoms with van der Waals surface area (Å²) in [7, 11) is 0. The van der Waals surface area contributed by atoms with Crippen molar-refractivity contribution in [3.63, 3.8) is 0 Å². The van der Waals surface area contributed by atoms with Crippen LogP contribution in [0.4, 0.5) is 0 Å². The normalized spacial score (nSPS) is 10.7. The summed E-state index contributed by atoms with van der Waals surface area (Å²) in [6, 6.07) is 12.3. The minimum Gasteiger partial charge on any atom is -0.466 e. The average molecular weight is 360 g/mol. The Bertz CT molecular complexity index is 826. The van der Waals surface area contributed by atoms with Gasteiger partial charge in [-0.25, -0.2) is 0 Å². The van der Waals surface area contributed by atoms with Gasteiger partial charge in [0, 0.05) is 11.0 Å². The first-order valence-electron chi connectivity index (χ1n) is 9.02. The van der Waals surface area contributed by atoms with E-state index in [0.29, 0.717) is 0 Å². The highest BCUT2D eigenvalue weighted by atomic mass is 16.5. The lowest BCUT2D eigenvalue weighted by molar-refractivity contribution is 0.476. The highest BCUT2D eigenvalue weighted by Crippen LogP contribution is 2.39. The van der Waals surface area contributed by atoms with Gasteiger partial charge in [-0.1, -0.05) is 57.4 Å². The van der Waals surface area contributed by atoms with Crippen molar-refractivity contribution < 1.29 is 9.47 Å². The third-order valence-electron chi connectivity index (χ3n) is 4.76. The summed E-state index contributed by atoms with van der Waals surface area (Å²) in [5, 5.41) is 0. The molecule has 0 aromatic heterocycles. The standard InChI is InChI=1S/C25H28O2/c1-7-11-21-22(12-8-2)24(27-10-4)18-17-23(21)25(5,6)19-13-15-20(16-14-19)26-9-3/h7-10,13-18H,1-4,11-12H2,5-6H3. The maximum absolute atomic E-state index is 5.65. The van der Waals surface area contributed by atoms with Gasteiger partial charge in [-0.15, -0.1) is 13.2 Å². The van der Waals surface area contributed by atoms with Crippen LogP contribution in [0.5, 0.6) is 11.5 Å². The average Bonchev–Trinajstić information content (AvgIpc) is 2.65. The Morgan fingerprint density at radius 3 is 1.93 bits per heavy atom. The molecule has 0 amide bonds. The smallest absolute Gasteiger partial charge is 0.130 e. The van der Waals surface area contributed by atoms with Gasteiger partial charge in [0.25, 0.3) is 0 Å². The van der Waals surface area contributed by atoms with Crippen molar-refractivity contribution in [2.75, 3.05) is 0 Å². The van der Waals surface area contributed by atoms with Gasteiger partial charge in [0.1, 0.15) is 11.5 Å². The highest BCUT2D eigenvalue weighted by Gasteiger charge is 2.28. The molecule has 2 nitrogen and oxygen atoms in total. The fraction of sp³-hybridized carbons (Fsp3) is 0.200. The van der Waals surface area contributed by atoms with E-state index in [1.54, 1.807) is 0 Å². The van der Waals surface area contributed by atoms with E-state index in [9.17, 15) is 0 Å². The highest BCUT2D eigenvalue weighted by molar-refractivity contribution is 5.53. The Balaban J connectivity index is 2.61. The van der Waals surface area contributed by atoms with Crippen molar-refractivity contribution in [2.24, 2.45) is 0 Å². The van der Waals surface area contributed by atoms with Crippen LogP contribution < -0.4 is 9.47 Å². The van der Waals surface area contributed by atoms with Crippen molar-refractivity contribution >= 4 is 0 Å². The molecular weight excluding hydrogens is 332 g/mol. The van der Waals surface area contributed by atoms with Gasteiger partial charge in [0.05, 0.1) is 12.5 Å². The number of ether oxygens (including phenoxy) is 2. The second-order valence-electron chi connectivity index (χ2n) is 6.77. The minimum atomic E-state index is -0.201. The topological polar surface area (TPSA) is 18.5 Å². The number of benzene rings is 2. The van der Waals surface area contributed by atoms with E-state index in [-0.39, 0.29) is 5.41 Å². The molecule has 0 aliphatic rings. The van der Waals surface area contributed by atoms with Crippen molar-refractivity contribution in [3.05, 3.63) is 110 Å². The van der Waals surface area contributed by atoms with Crippen LogP contribution in [-0.2, 0) is 18.3 Å². The molecule has 140 valence electrons. The predicted molar refractivity (Wildman–Crippen MR) is 114 cm³/mol. The quantitative estimate of drug-likeness (QED) is 0.355. The first kappa shape index (κ1) is 20.3. The van der Waals surface area contributed by atoms with Crippen molar-refractivity contribution in [1.29, 1.82) is 0 Å². The van der Waals surface area contributed by atoms with Gasteiger partial charge >= 0.3 is 0 Å². The summed E-state index contributed by atoms with van der Waals surface area (Å²) < 4.78 is 11.0. The molecule has 0 aliphatic carbocycles. The van der Waals surface area contributed by atoms with E-state index in [0.717, 1.165) is 29.9 Å². The summed E-state index contributed by atoms with van der Waals surface area (Å²) in [5.74, 6) is 1.59. The molecule has 0 aliphatic heterocycles. The zero-order chi connectivity index (χ0) is 19.9. The number of hydrogen-bond acceptors (Lipinski definition) is 2. The monoisotopic (exact) mass is 360 g/mol. The first-order chi connectivity index (χ1) is 13.0. The fourth-order valence-corrected chi connectivity index (χ4v) is 3.40. The van der Waals surface area contributed by atoms with Gasteiger partial charge in [0.15, 0.2) is 0 Å². The Morgan fingerprint density at radius 1 is 0.778 bits per heavy atom. The van der Waals surface area contributed by atoms with E-state index in [2.05, 4.69) is 58.4 Å². The summed E-state index contributed by atoms with van der Waals surface area (Å²) in [6.45, 7) is 19.6. The number of allylic oxidation sites excluding steroid dienone is 2. The lowest BCUT2D eigenvalue weighted by Crippen LogP contribution is -2.22. The Labute approximate surface area is 163 Å². The molecule has 2 heteroatoms. The Hall–Kier alpha value is -3.00. The molecule has 27 heavy (non-hydrogen) atoms. The van der Waals surface area contributed by atoms with Crippen LogP contribution in [0, 0.1) is 0 Å². The molecule has 2 rings (SSSR count). The van der Waals surface area contributed by atoms with E-state index >= 15 is 0 Å². The van der Waals surface area contributed by atoms with E-state index in [1.165, 1.54) is 29.2 Å². The van der Waals surface area contributed by atoms with Crippen LogP contribution >= 0.6 is 0 Å². The molecule has 0 N–H and O–H groups in total. The molecule has 0 spiro atoms. The summed E-state index contributed by atoms with van der Waals surface area (Å²) >= 11 is 0. The number of rotatable bonds is 10. The largest absolute Gasteiger partial charge is 0.466 e. The molecule has 0 unspecified atom stereocenters. The van der Waals surface area contributed by atoms with Crippen molar-refractivity contribution in [1.82, 2.24) is 0 Å². The van der Waals surface area contributed by atoms with E-state index < -0.39 is 0 Å². The molecule has 0 radical (unpaired) electrons. The van der Waals surface area contributed by atoms with E-state index in [1.807, 2.05) is 30.4 Å². The lowest BCUT2D eigenvalue weighted by atomic mass is 9.74. The Morgan fingerprint density at radius 2 is 1.37 bits per heavy atom. The van der Waals surface area contributed by atoms with Crippen molar-refractivity contribution in [3.8, 4) is 11.5 Å². The van der Waals surface area contributed by atoms with E-state index in [4.69, 9.17) is 9.47 Å². The van der Waals surface area contributed by atoms with Crippen LogP contribution in [-0.4, -0.2) is 0 Å². The zero-order valence-corrected chi connectivity index (χ0v) is 16.3. The van der Waals surface area contributed by atoms with Crippen LogP contribution in [0.25, 0.3) is 0 Å². The number of hydrogen-bond donors (Lipinski definition) is 0. The van der Waals surface area contributed by atoms with Gasteiger partial charge in [-0.2, -0.15) is 0 Å². The van der Waals surface area contributed by atoms with Gasteiger partial charge in [-0.3, -0.25) is 0 Å².